The Morgan fingerprint density at radius 3 is 2.22 bits per heavy atom. The molecule has 0 aliphatic heterocycles. The van der Waals surface area contributed by atoms with Crippen LogP contribution in [0.2, 0.25) is 0 Å². The predicted octanol–water partition coefficient (Wildman–Crippen LogP) is 4.63. The Kier molecular flexibility index (Phi) is 2.80. The fourth-order valence-corrected chi connectivity index (χ4v) is 3.55. The summed E-state index contributed by atoms with van der Waals surface area (Å²) in [7, 11) is 4.22. The summed E-state index contributed by atoms with van der Waals surface area (Å²) in [6, 6.07) is 19.2. The van der Waals surface area contributed by atoms with E-state index in [4.69, 9.17) is 0 Å². The van der Waals surface area contributed by atoms with Gasteiger partial charge in [-0.05, 0) is 11.6 Å². The van der Waals surface area contributed by atoms with Gasteiger partial charge < -0.3 is 4.90 Å². The second-order valence-corrected chi connectivity index (χ2v) is 5.59. The third-order valence-electron chi connectivity index (χ3n) is 3.05. The van der Waals surface area contributed by atoms with Gasteiger partial charge in [0.25, 0.3) is 0 Å². The van der Waals surface area contributed by atoms with Gasteiger partial charge >= 0.3 is 0 Å². The summed E-state index contributed by atoms with van der Waals surface area (Å²) < 4.78 is 1.35. The van der Waals surface area contributed by atoms with E-state index in [1.165, 1.54) is 26.2 Å². The zero-order chi connectivity index (χ0) is 12.5. The fourth-order valence-electron chi connectivity index (χ4n) is 2.26. The molecular weight excluding hydrogens is 238 g/mol. The molecule has 0 bridgehead atoms. The van der Waals surface area contributed by atoms with Gasteiger partial charge in [0.05, 0.1) is 10.6 Å². The Balaban J connectivity index is 2.32. The molecule has 90 valence electrons. The molecule has 0 saturated carbocycles. The van der Waals surface area contributed by atoms with Crippen molar-refractivity contribution >= 4 is 27.1 Å². The third-order valence-corrected chi connectivity index (χ3v) is 4.26. The maximum atomic E-state index is 2.21. The second-order valence-electron chi connectivity index (χ2n) is 4.54. The van der Waals surface area contributed by atoms with E-state index in [0.717, 1.165) is 0 Å². The lowest BCUT2D eigenvalue weighted by Crippen LogP contribution is -2.08. The SMILES string of the molecule is CN(C)c1c(-c2ccccc2)sc2ccccc12. The lowest BCUT2D eigenvalue weighted by atomic mass is 10.1. The molecule has 0 fully saturated rings. The minimum atomic E-state index is 1.29. The maximum absolute atomic E-state index is 2.21. The Morgan fingerprint density at radius 2 is 1.50 bits per heavy atom. The topological polar surface area (TPSA) is 3.24 Å². The molecule has 0 radical (unpaired) electrons. The predicted molar refractivity (Wildman–Crippen MR) is 81.6 cm³/mol. The van der Waals surface area contributed by atoms with Crippen molar-refractivity contribution in [2.45, 2.75) is 0 Å². The van der Waals surface area contributed by atoms with Gasteiger partial charge in [-0.1, -0.05) is 48.5 Å². The number of hydrogen-bond donors (Lipinski definition) is 0. The van der Waals surface area contributed by atoms with Crippen LogP contribution in [0.1, 0.15) is 0 Å². The summed E-state index contributed by atoms with van der Waals surface area (Å²) >= 11 is 1.86. The number of rotatable bonds is 2. The quantitative estimate of drug-likeness (QED) is 0.643. The number of benzene rings is 2. The molecule has 0 aliphatic rings. The van der Waals surface area contributed by atoms with Crippen LogP contribution in [0.4, 0.5) is 5.69 Å². The number of fused-ring (bicyclic) bond motifs is 1. The first-order chi connectivity index (χ1) is 8.77. The molecule has 1 nitrogen and oxygen atoms in total. The van der Waals surface area contributed by atoms with Crippen LogP contribution in [0.15, 0.2) is 54.6 Å². The standard InChI is InChI=1S/C16H15NS/c1-17(2)15-13-10-6-7-11-14(13)18-16(15)12-8-4-3-5-9-12/h3-11H,1-2H3. The molecule has 0 spiro atoms. The molecule has 0 saturated heterocycles. The Bertz CT molecular complexity index is 668. The monoisotopic (exact) mass is 253 g/mol. The molecule has 0 aliphatic carbocycles. The minimum Gasteiger partial charge on any atom is -0.376 e. The number of anilines is 1. The van der Waals surface area contributed by atoms with Crippen LogP contribution in [0.25, 0.3) is 20.5 Å². The second kappa shape index (κ2) is 4.46. The fraction of sp³-hybridized carbons (Fsp3) is 0.125. The van der Waals surface area contributed by atoms with Crippen molar-refractivity contribution < 1.29 is 0 Å². The van der Waals surface area contributed by atoms with E-state index in [1.807, 2.05) is 11.3 Å². The summed E-state index contributed by atoms with van der Waals surface area (Å²) in [4.78, 5) is 3.56. The molecule has 0 N–H and O–H groups in total. The molecule has 3 aromatic rings. The highest BCUT2D eigenvalue weighted by Crippen LogP contribution is 2.43. The molecule has 1 aromatic heterocycles. The van der Waals surface area contributed by atoms with Crippen LogP contribution in [0.3, 0.4) is 0 Å². The van der Waals surface area contributed by atoms with Crippen molar-refractivity contribution in [2.75, 3.05) is 19.0 Å². The van der Waals surface area contributed by atoms with Gasteiger partial charge in [0.2, 0.25) is 0 Å². The first kappa shape index (κ1) is 11.3. The summed E-state index contributed by atoms with van der Waals surface area (Å²) in [6.45, 7) is 0. The van der Waals surface area contributed by atoms with Crippen molar-refractivity contribution in [1.29, 1.82) is 0 Å². The van der Waals surface area contributed by atoms with Crippen molar-refractivity contribution in [3.63, 3.8) is 0 Å². The van der Waals surface area contributed by atoms with Gasteiger partial charge in [0.1, 0.15) is 0 Å². The maximum Gasteiger partial charge on any atom is 0.0630 e. The number of nitrogens with zero attached hydrogens (tertiary/aromatic N) is 1. The average Bonchev–Trinajstić information content (AvgIpc) is 2.79. The highest BCUT2D eigenvalue weighted by molar-refractivity contribution is 7.23. The lowest BCUT2D eigenvalue weighted by molar-refractivity contribution is 1.15. The minimum absolute atomic E-state index is 1.29. The van der Waals surface area contributed by atoms with Crippen LogP contribution in [-0.4, -0.2) is 14.1 Å². The highest BCUT2D eigenvalue weighted by Gasteiger charge is 2.14. The van der Waals surface area contributed by atoms with E-state index in [9.17, 15) is 0 Å². The van der Waals surface area contributed by atoms with E-state index in [2.05, 4.69) is 73.6 Å². The first-order valence-corrected chi connectivity index (χ1v) is 6.83. The molecule has 18 heavy (non-hydrogen) atoms. The van der Waals surface area contributed by atoms with Gasteiger partial charge in [0.15, 0.2) is 0 Å². The summed E-state index contributed by atoms with van der Waals surface area (Å²) in [5, 5.41) is 1.34. The molecule has 0 unspecified atom stereocenters. The molecule has 1 heterocycles. The molecule has 0 amide bonds. The zero-order valence-electron chi connectivity index (χ0n) is 10.6. The summed E-state index contributed by atoms with van der Waals surface area (Å²) in [5.74, 6) is 0. The van der Waals surface area contributed by atoms with E-state index in [0.29, 0.717) is 0 Å². The van der Waals surface area contributed by atoms with Gasteiger partial charge in [-0.2, -0.15) is 0 Å². The summed E-state index contributed by atoms with van der Waals surface area (Å²) in [6.07, 6.45) is 0. The Hall–Kier alpha value is -1.80. The van der Waals surface area contributed by atoms with Crippen LogP contribution >= 0.6 is 11.3 Å². The van der Waals surface area contributed by atoms with Crippen molar-refractivity contribution in [3.05, 3.63) is 54.6 Å². The highest BCUT2D eigenvalue weighted by atomic mass is 32.1. The van der Waals surface area contributed by atoms with Crippen LogP contribution in [0, 0.1) is 0 Å². The van der Waals surface area contributed by atoms with E-state index >= 15 is 0 Å². The summed E-state index contributed by atoms with van der Waals surface area (Å²) in [5.41, 5.74) is 2.62. The van der Waals surface area contributed by atoms with Crippen molar-refractivity contribution in [1.82, 2.24) is 0 Å². The van der Waals surface area contributed by atoms with Gasteiger partial charge in [-0.3, -0.25) is 0 Å². The van der Waals surface area contributed by atoms with Crippen molar-refractivity contribution in [3.8, 4) is 10.4 Å². The first-order valence-electron chi connectivity index (χ1n) is 6.01. The van der Waals surface area contributed by atoms with Crippen molar-refractivity contribution in [2.24, 2.45) is 0 Å². The smallest absolute Gasteiger partial charge is 0.0630 e. The Labute approximate surface area is 111 Å². The van der Waals surface area contributed by atoms with Crippen LogP contribution in [0.5, 0.6) is 0 Å². The lowest BCUT2D eigenvalue weighted by Gasteiger charge is -2.14. The van der Waals surface area contributed by atoms with Gasteiger partial charge in [-0.25, -0.2) is 0 Å². The Morgan fingerprint density at radius 1 is 0.833 bits per heavy atom. The average molecular weight is 253 g/mol. The molecule has 0 atom stereocenters. The van der Waals surface area contributed by atoms with E-state index in [-0.39, 0.29) is 0 Å². The largest absolute Gasteiger partial charge is 0.376 e. The molecule has 2 heteroatoms. The zero-order valence-corrected chi connectivity index (χ0v) is 11.4. The molecule has 3 rings (SSSR count). The van der Waals surface area contributed by atoms with E-state index in [1.54, 1.807) is 0 Å². The van der Waals surface area contributed by atoms with Crippen LogP contribution in [-0.2, 0) is 0 Å². The van der Waals surface area contributed by atoms with Gasteiger partial charge in [0, 0.05) is 24.2 Å². The molecular formula is C16H15NS. The normalized spacial score (nSPS) is 10.8. The van der Waals surface area contributed by atoms with E-state index < -0.39 is 0 Å². The molecule has 2 aromatic carbocycles. The number of thiophene rings is 1. The number of hydrogen-bond acceptors (Lipinski definition) is 2. The van der Waals surface area contributed by atoms with Crippen LogP contribution < -0.4 is 4.90 Å². The van der Waals surface area contributed by atoms with Gasteiger partial charge in [-0.15, -0.1) is 11.3 Å². The third kappa shape index (κ3) is 1.79.